The quantitative estimate of drug-likeness (QED) is 0.392. The fourth-order valence-electron chi connectivity index (χ4n) is 1.69. The van der Waals surface area contributed by atoms with Gasteiger partial charge in [0.1, 0.15) is 6.61 Å². The molecule has 0 spiro atoms. The van der Waals surface area contributed by atoms with Crippen molar-refractivity contribution in [1.29, 1.82) is 0 Å². The van der Waals surface area contributed by atoms with Crippen molar-refractivity contribution in [3.8, 4) is 0 Å². The number of carbonyl (C=O) groups excluding carboxylic acids is 1. The molecule has 0 radical (unpaired) electrons. The van der Waals surface area contributed by atoms with E-state index >= 15 is 0 Å². The minimum Gasteiger partial charge on any atom is -0.481 e. The predicted molar refractivity (Wildman–Crippen MR) is 68.5 cm³/mol. The summed E-state index contributed by atoms with van der Waals surface area (Å²) in [7, 11) is 1.51. The van der Waals surface area contributed by atoms with Gasteiger partial charge in [-0.2, -0.15) is 0 Å². The SMILES string of the molecule is [C-]#[N+]C(C)(CCC(=O)O)CC(C)C(=O)OCCOC. The van der Waals surface area contributed by atoms with Crippen LogP contribution < -0.4 is 0 Å². The number of hydrogen-bond donors (Lipinski definition) is 1. The second-order valence-corrected chi connectivity index (χ2v) is 4.77. The molecule has 108 valence electrons. The van der Waals surface area contributed by atoms with Crippen molar-refractivity contribution in [2.24, 2.45) is 5.92 Å². The van der Waals surface area contributed by atoms with Gasteiger partial charge in [-0.25, -0.2) is 6.57 Å². The molecule has 0 aromatic carbocycles. The van der Waals surface area contributed by atoms with E-state index in [1.54, 1.807) is 13.8 Å². The van der Waals surface area contributed by atoms with Crippen LogP contribution in [0.4, 0.5) is 0 Å². The van der Waals surface area contributed by atoms with Crippen molar-refractivity contribution in [3.05, 3.63) is 11.4 Å². The third kappa shape index (κ3) is 7.42. The standard InChI is InChI=1S/C13H21NO5/c1-10(12(17)19-8-7-18-4)9-13(2,14-3)6-5-11(15)16/h10H,5-9H2,1-2,4H3,(H,15,16). The van der Waals surface area contributed by atoms with Gasteiger partial charge in [0.15, 0.2) is 0 Å². The third-order valence-corrected chi connectivity index (χ3v) is 2.83. The first kappa shape index (κ1) is 17.4. The van der Waals surface area contributed by atoms with Crippen LogP contribution in [0.2, 0.25) is 0 Å². The molecule has 2 unspecified atom stereocenters. The van der Waals surface area contributed by atoms with Crippen LogP contribution in [-0.2, 0) is 19.1 Å². The molecule has 2 atom stereocenters. The normalized spacial score (nSPS) is 15.1. The first-order valence-corrected chi connectivity index (χ1v) is 6.10. The number of ether oxygens (including phenoxy) is 2. The zero-order valence-electron chi connectivity index (χ0n) is 11.6. The number of nitrogens with zero attached hydrogens (tertiary/aromatic N) is 1. The summed E-state index contributed by atoms with van der Waals surface area (Å²) in [6, 6.07) is 0. The lowest BCUT2D eigenvalue weighted by Gasteiger charge is -2.19. The third-order valence-electron chi connectivity index (χ3n) is 2.83. The zero-order chi connectivity index (χ0) is 14.9. The summed E-state index contributed by atoms with van der Waals surface area (Å²) in [4.78, 5) is 25.7. The van der Waals surface area contributed by atoms with Crippen LogP contribution in [0.25, 0.3) is 4.85 Å². The van der Waals surface area contributed by atoms with E-state index in [0.717, 1.165) is 0 Å². The van der Waals surface area contributed by atoms with Crippen LogP contribution in [0.3, 0.4) is 0 Å². The molecule has 6 nitrogen and oxygen atoms in total. The zero-order valence-corrected chi connectivity index (χ0v) is 11.6. The van der Waals surface area contributed by atoms with Gasteiger partial charge in [-0.3, -0.25) is 9.59 Å². The number of hydrogen-bond acceptors (Lipinski definition) is 4. The molecule has 0 saturated heterocycles. The van der Waals surface area contributed by atoms with E-state index in [2.05, 4.69) is 4.85 Å². The van der Waals surface area contributed by atoms with Crippen molar-refractivity contribution < 1.29 is 24.2 Å². The van der Waals surface area contributed by atoms with Crippen LogP contribution in [-0.4, -0.2) is 42.9 Å². The molecule has 19 heavy (non-hydrogen) atoms. The lowest BCUT2D eigenvalue weighted by Crippen LogP contribution is -2.29. The maximum atomic E-state index is 11.7. The molecule has 0 fully saturated rings. The average Bonchev–Trinajstić information content (AvgIpc) is 2.36. The monoisotopic (exact) mass is 271 g/mol. The number of rotatable bonds is 9. The van der Waals surface area contributed by atoms with Crippen molar-refractivity contribution in [2.75, 3.05) is 20.3 Å². The Morgan fingerprint density at radius 2 is 2.05 bits per heavy atom. The lowest BCUT2D eigenvalue weighted by atomic mass is 9.86. The van der Waals surface area contributed by atoms with E-state index < -0.39 is 17.4 Å². The fraction of sp³-hybridized carbons (Fsp3) is 0.769. The highest BCUT2D eigenvalue weighted by Gasteiger charge is 2.35. The second kappa shape index (κ2) is 8.48. The Balaban J connectivity index is 4.32. The number of carboxylic acids is 1. The van der Waals surface area contributed by atoms with Gasteiger partial charge in [0, 0.05) is 26.9 Å². The Morgan fingerprint density at radius 1 is 1.42 bits per heavy atom. The smallest absolute Gasteiger partial charge is 0.309 e. The highest BCUT2D eigenvalue weighted by atomic mass is 16.6. The maximum Gasteiger partial charge on any atom is 0.309 e. The van der Waals surface area contributed by atoms with Gasteiger partial charge in [-0.05, 0) is 0 Å². The molecule has 0 aromatic heterocycles. The molecule has 0 amide bonds. The molecule has 0 aromatic rings. The fourth-order valence-corrected chi connectivity index (χ4v) is 1.69. The Kier molecular flexibility index (Phi) is 7.77. The van der Waals surface area contributed by atoms with Crippen molar-refractivity contribution in [1.82, 2.24) is 0 Å². The Labute approximate surface area is 113 Å². The minimum absolute atomic E-state index is 0.0790. The summed E-state index contributed by atoms with van der Waals surface area (Å²) in [6.45, 7) is 11.0. The molecular formula is C13H21NO5. The van der Waals surface area contributed by atoms with Crippen LogP contribution in [0.15, 0.2) is 0 Å². The average molecular weight is 271 g/mol. The Bertz CT molecular complexity index is 349. The highest BCUT2D eigenvalue weighted by Crippen LogP contribution is 2.27. The van der Waals surface area contributed by atoms with E-state index in [1.807, 2.05) is 0 Å². The van der Waals surface area contributed by atoms with E-state index in [9.17, 15) is 9.59 Å². The molecule has 0 heterocycles. The number of carbonyl (C=O) groups is 2. The second-order valence-electron chi connectivity index (χ2n) is 4.77. The van der Waals surface area contributed by atoms with Crippen LogP contribution in [0, 0.1) is 12.5 Å². The summed E-state index contributed by atoms with van der Waals surface area (Å²) in [6.07, 6.45) is 0.432. The minimum atomic E-state index is -0.940. The van der Waals surface area contributed by atoms with Crippen LogP contribution >= 0.6 is 0 Å². The Hall–Kier alpha value is -1.61. The number of carboxylic acid groups (broad SMARTS) is 1. The molecule has 0 bridgehead atoms. The molecule has 0 saturated carbocycles. The molecule has 0 rings (SSSR count). The summed E-state index contributed by atoms with van der Waals surface area (Å²) in [5.41, 5.74) is -0.849. The largest absolute Gasteiger partial charge is 0.481 e. The van der Waals surface area contributed by atoms with Gasteiger partial charge in [0.05, 0.1) is 18.9 Å². The lowest BCUT2D eigenvalue weighted by molar-refractivity contribution is -0.149. The van der Waals surface area contributed by atoms with Gasteiger partial charge < -0.3 is 19.4 Å². The molecule has 0 aliphatic carbocycles. The molecule has 0 aliphatic rings. The summed E-state index contributed by atoms with van der Waals surface area (Å²) < 4.78 is 9.75. The topological polar surface area (TPSA) is 77.2 Å². The van der Waals surface area contributed by atoms with Crippen LogP contribution in [0.1, 0.15) is 33.1 Å². The first-order chi connectivity index (χ1) is 8.84. The van der Waals surface area contributed by atoms with Crippen molar-refractivity contribution in [3.63, 3.8) is 0 Å². The van der Waals surface area contributed by atoms with E-state index in [0.29, 0.717) is 6.61 Å². The van der Waals surface area contributed by atoms with E-state index in [4.69, 9.17) is 21.2 Å². The number of esters is 1. The van der Waals surface area contributed by atoms with Gasteiger partial charge in [0.2, 0.25) is 5.54 Å². The van der Waals surface area contributed by atoms with Crippen LogP contribution in [0.5, 0.6) is 0 Å². The summed E-state index contributed by atoms with van der Waals surface area (Å²) in [5, 5.41) is 8.65. The van der Waals surface area contributed by atoms with Gasteiger partial charge in [0.25, 0.3) is 0 Å². The van der Waals surface area contributed by atoms with Crippen molar-refractivity contribution in [2.45, 2.75) is 38.6 Å². The van der Waals surface area contributed by atoms with Crippen molar-refractivity contribution >= 4 is 11.9 Å². The molecule has 6 heteroatoms. The molecule has 1 N–H and O–H groups in total. The molecule has 0 aliphatic heterocycles. The first-order valence-electron chi connectivity index (χ1n) is 6.10. The summed E-state index contributed by atoms with van der Waals surface area (Å²) in [5.74, 6) is -1.77. The van der Waals surface area contributed by atoms with E-state index in [1.165, 1.54) is 7.11 Å². The number of aliphatic carboxylic acids is 1. The van der Waals surface area contributed by atoms with E-state index in [-0.39, 0.29) is 31.8 Å². The van der Waals surface area contributed by atoms with Gasteiger partial charge in [-0.1, -0.05) is 6.92 Å². The van der Waals surface area contributed by atoms with Gasteiger partial charge in [-0.15, -0.1) is 0 Å². The highest BCUT2D eigenvalue weighted by molar-refractivity contribution is 5.72. The maximum absolute atomic E-state index is 11.7. The van der Waals surface area contributed by atoms with Gasteiger partial charge >= 0.3 is 11.9 Å². The summed E-state index contributed by atoms with van der Waals surface area (Å²) >= 11 is 0. The number of methoxy groups -OCH3 is 1. The Morgan fingerprint density at radius 3 is 2.53 bits per heavy atom. The predicted octanol–water partition coefficient (Wildman–Crippen LogP) is 1.74. The molecular weight excluding hydrogens is 250 g/mol.